The van der Waals surface area contributed by atoms with Crippen molar-refractivity contribution >= 4 is 21.8 Å². The SMILES string of the molecule is O=C(NCc1ccc(CN2CCOCC2)cc1)C1CCN(Cc2cccc(Br)c2)CC1. The van der Waals surface area contributed by atoms with Crippen LogP contribution in [0.25, 0.3) is 0 Å². The van der Waals surface area contributed by atoms with Gasteiger partial charge in [-0.2, -0.15) is 0 Å². The van der Waals surface area contributed by atoms with Crippen LogP contribution >= 0.6 is 15.9 Å². The number of carbonyl (C=O) groups excluding carboxylic acids is 1. The lowest BCUT2D eigenvalue weighted by Crippen LogP contribution is -2.40. The van der Waals surface area contributed by atoms with Crippen molar-refractivity contribution in [3.05, 3.63) is 69.7 Å². The van der Waals surface area contributed by atoms with Crippen molar-refractivity contribution in [1.29, 1.82) is 0 Å². The molecule has 0 aliphatic carbocycles. The van der Waals surface area contributed by atoms with Crippen LogP contribution in [0, 0.1) is 5.92 Å². The predicted molar refractivity (Wildman–Crippen MR) is 127 cm³/mol. The highest BCUT2D eigenvalue weighted by Gasteiger charge is 2.24. The van der Waals surface area contributed by atoms with Crippen LogP contribution in [0.1, 0.15) is 29.5 Å². The van der Waals surface area contributed by atoms with Crippen LogP contribution in [0.4, 0.5) is 0 Å². The molecule has 2 aromatic rings. The Labute approximate surface area is 193 Å². The molecule has 6 heteroatoms. The van der Waals surface area contributed by atoms with Crippen LogP contribution < -0.4 is 5.32 Å². The molecular formula is C25H32BrN3O2. The summed E-state index contributed by atoms with van der Waals surface area (Å²) in [5.74, 6) is 0.318. The van der Waals surface area contributed by atoms with Gasteiger partial charge in [0.25, 0.3) is 0 Å². The molecule has 0 aromatic heterocycles. The van der Waals surface area contributed by atoms with E-state index in [1.54, 1.807) is 0 Å². The number of carbonyl (C=O) groups is 1. The number of nitrogens with zero attached hydrogens (tertiary/aromatic N) is 2. The number of piperidine rings is 1. The highest BCUT2D eigenvalue weighted by atomic mass is 79.9. The molecule has 2 saturated heterocycles. The average molecular weight is 486 g/mol. The zero-order chi connectivity index (χ0) is 21.5. The molecule has 2 aliphatic heterocycles. The second-order valence-electron chi connectivity index (χ2n) is 8.60. The van der Waals surface area contributed by atoms with E-state index in [1.165, 1.54) is 11.1 Å². The summed E-state index contributed by atoms with van der Waals surface area (Å²) >= 11 is 3.54. The van der Waals surface area contributed by atoms with Crippen LogP contribution in [0.15, 0.2) is 53.0 Å². The van der Waals surface area contributed by atoms with Gasteiger partial charge in [-0.3, -0.25) is 14.6 Å². The molecule has 2 aromatic carbocycles. The van der Waals surface area contributed by atoms with Gasteiger partial charge in [-0.25, -0.2) is 0 Å². The molecule has 0 radical (unpaired) electrons. The highest BCUT2D eigenvalue weighted by molar-refractivity contribution is 9.10. The number of hydrogen-bond donors (Lipinski definition) is 1. The number of halogens is 1. The van der Waals surface area contributed by atoms with E-state index < -0.39 is 0 Å². The highest BCUT2D eigenvalue weighted by Crippen LogP contribution is 2.21. The summed E-state index contributed by atoms with van der Waals surface area (Å²) in [7, 11) is 0. The van der Waals surface area contributed by atoms with Crippen molar-refractivity contribution in [3.63, 3.8) is 0 Å². The third-order valence-corrected chi connectivity index (χ3v) is 6.75. The Morgan fingerprint density at radius 3 is 2.26 bits per heavy atom. The van der Waals surface area contributed by atoms with Crippen molar-refractivity contribution in [1.82, 2.24) is 15.1 Å². The topological polar surface area (TPSA) is 44.8 Å². The van der Waals surface area contributed by atoms with Gasteiger partial charge in [-0.15, -0.1) is 0 Å². The fourth-order valence-corrected chi connectivity index (χ4v) is 4.81. The summed E-state index contributed by atoms with van der Waals surface area (Å²) in [5.41, 5.74) is 3.79. The van der Waals surface area contributed by atoms with E-state index in [4.69, 9.17) is 4.74 Å². The summed E-state index contributed by atoms with van der Waals surface area (Å²) in [6.07, 6.45) is 1.86. The summed E-state index contributed by atoms with van der Waals surface area (Å²) < 4.78 is 6.53. The Hall–Kier alpha value is -1.73. The quantitative estimate of drug-likeness (QED) is 0.647. The van der Waals surface area contributed by atoms with Crippen LogP contribution in [-0.2, 0) is 29.2 Å². The molecule has 4 rings (SSSR count). The molecule has 0 saturated carbocycles. The van der Waals surface area contributed by atoms with Crippen molar-refractivity contribution in [2.24, 2.45) is 5.92 Å². The standard InChI is InChI=1S/C25H32BrN3O2/c26-24-3-1-2-22(16-24)19-28-10-8-23(9-11-28)25(30)27-17-20-4-6-21(7-5-20)18-29-12-14-31-15-13-29/h1-7,16,23H,8-15,17-19H2,(H,27,30). The maximum Gasteiger partial charge on any atom is 0.223 e. The van der Waals surface area contributed by atoms with E-state index in [-0.39, 0.29) is 11.8 Å². The largest absolute Gasteiger partial charge is 0.379 e. The molecule has 2 heterocycles. The van der Waals surface area contributed by atoms with Gasteiger partial charge in [0, 0.05) is 43.1 Å². The number of morpholine rings is 1. The Morgan fingerprint density at radius 2 is 1.55 bits per heavy atom. The molecule has 0 atom stereocenters. The van der Waals surface area contributed by atoms with Gasteiger partial charge >= 0.3 is 0 Å². The zero-order valence-corrected chi connectivity index (χ0v) is 19.6. The molecule has 2 fully saturated rings. The third kappa shape index (κ3) is 6.88. The van der Waals surface area contributed by atoms with Crippen LogP contribution in [-0.4, -0.2) is 55.1 Å². The van der Waals surface area contributed by atoms with Crippen molar-refractivity contribution in [2.75, 3.05) is 39.4 Å². The summed E-state index contributed by atoms with van der Waals surface area (Å²) in [6, 6.07) is 17.1. The first-order valence-electron chi connectivity index (χ1n) is 11.3. The maximum atomic E-state index is 12.7. The van der Waals surface area contributed by atoms with Crippen molar-refractivity contribution in [2.45, 2.75) is 32.5 Å². The molecule has 166 valence electrons. The minimum absolute atomic E-state index is 0.124. The van der Waals surface area contributed by atoms with E-state index in [1.807, 2.05) is 0 Å². The Balaban J connectivity index is 1.18. The number of amides is 1. The number of hydrogen-bond acceptors (Lipinski definition) is 4. The molecular weight excluding hydrogens is 454 g/mol. The van der Waals surface area contributed by atoms with E-state index in [2.05, 4.69) is 79.6 Å². The van der Waals surface area contributed by atoms with Crippen LogP contribution in [0.2, 0.25) is 0 Å². The second kappa shape index (κ2) is 11.2. The molecule has 0 spiro atoms. The first-order valence-corrected chi connectivity index (χ1v) is 12.1. The first kappa shape index (κ1) is 22.5. The zero-order valence-electron chi connectivity index (χ0n) is 18.1. The maximum absolute atomic E-state index is 12.7. The van der Waals surface area contributed by atoms with E-state index in [0.29, 0.717) is 6.54 Å². The van der Waals surface area contributed by atoms with E-state index in [0.717, 1.165) is 75.4 Å². The second-order valence-corrected chi connectivity index (χ2v) is 9.52. The van der Waals surface area contributed by atoms with Gasteiger partial charge in [0.2, 0.25) is 5.91 Å². The third-order valence-electron chi connectivity index (χ3n) is 6.25. The molecule has 1 amide bonds. The lowest BCUT2D eigenvalue weighted by atomic mass is 9.95. The molecule has 1 N–H and O–H groups in total. The van der Waals surface area contributed by atoms with Crippen molar-refractivity contribution in [3.8, 4) is 0 Å². The van der Waals surface area contributed by atoms with Gasteiger partial charge in [-0.05, 0) is 54.8 Å². The number of rotatable bonds is 7. The molecule has 5 nitrogen and oxygen atoms in total. The molecule has 0 bridgehead atoms. The predicted octanol–water partition coefficient (Wildman–Crippen LogP) is 3.81. The number of nitrogens with one attached hydrogen (secondary N) is 1. The average Bonchev–Trinajstić information content (AvgIpc) is 2.80. The van der Waals surface area contributed by atoms with Gasteiger partial charge in [0.05, 0.1) is 13.2 Å². The minimum atomic E-state index is 0.124. The summed E-state index contributed by atoms with van der Waals surface area (Å²) in [6.45, 7) is 8.12. The van der Waals surface area contributed by atoms with Crippen molar-refractivity contribution < 1.29 is 9.53 Å². The van der Waals surface area contributed by atoms with E-state index >= 15 is 0 Å². The van der Waals surface area contributed by atoms with Gasteiger partial charge in [0.15, 0.2) is 0 Å². The van der Waals surface area contributed by atoms with Crippen LogP contribution in [0.5, 0.6) is 0 Å². The molecule has 2 aliphatic rings. The summed E-state index contributed by atoms with van der Waals surface area (Å²) in [4.78, 5) is 17.5. The Bertz CT molecular complexity index is 844. The fourth-order valence-electron chi connectivity index (χ4n) is 4.36. The van der Waals surface area contributed by atoms with Crippen LogP contribution in [0.3, 0.4) is 0 Å². The Kier molecular flexibility index (Phi) is 8.14. The number of benzene rings is 2. The summed E-state index contributed by atoms with van der Waals surface area (Å²) in [5, 5.41) is 3.15. The smallest absolute Gasteiger partial charge is 0.223 e. The van der Waals surface area contributed by atoms with Gasteiger partial charge < -0.3 is 10.1 Å². The lowest BCUT2D eigenvalue weighted by molar-refractivity contribution is -0.126. The fraction of sp³-hybridized carbons (Fsp3) is 0.480. The van der Waals surface area contributed by atoms with E-state index in [9.17, 15) is 4.79 Å². The minimum Gasteiger partial charge on any atom is -0.379 e. The Morgan fingerprint density at radius 1 is 0.903 bits per heavy atom. The molecule has 31 heavy (non-hydrogen) atoms. The number of ether oxygens (including phenoxy) is 1. The number of likely N-dealkylation sites (tertiary alicyclic amines) is 1. The molecule has 0 unspecified atom stereocenters. The van der Waals surface area contributed by atoms with Gasteiger partial charge in [-0.1, -0.05) is 52.3 Å². The normalized spacial score (nSPS) is 18.7. The lowest BCUT2D eigenvalue weighted by Gasteiger charge is -2.31. The monoisotopic (exact) mass is 485 g/mol. The van der Waals surface area contributed by atoms with Gasteiger partial charge in [0.1, 0.15) is 0 Å². The first-order chi connectivity index (χ1) is 15.2.